The molecule has 1 saturated heterocycles. The number of amides is 1. The van der Waals surface area contributed by atoms with E-state index in [1.165, 1.54) is 6.42 Å². The lowest BCUT2D eigenvalue weighted by Crippen LogP contribution is -2.38. The topological polar surface area (TPSA) is 29.1 Å². The second-order valence-corrected chi connectivity index (χ2v) is 3.25. The minimum Gasteiger partial charge on any atom is -0.353 e. The summed E-state index contributed by atoms with van der Waals surface area (Å²) in [5, 5.41) is 2.93. The van der Waals surface area contributed by atoms with Crippen molar-refractivity contribution in [1.82, 2.24) is 5.32 Å². The molecule has 1 saturated carbocycles. The van der Waals surface area contributed by atoms with E-state index in [0.717, 1.165) is 12.3 Å². The average molecular weight is 125 g/mol. The van der Waals surface area contributed by atoms with Crippen LogP contribution < -0.4 is 5.32 Å². The summed E-state index contributed by atoms with van der Waals surface area (Å²) in [6, 6.07) is 0.432. The molecule has 0 aromatic rings. The Kier molecular flexibility index (Phi) is 0.875. The van der Waals surface area contributed by atoms with Gasteiger partial charge in [0.25, 0.3) is 0 Å². The van der Waals surface area contributed by atoms with Crippen molar-refractivity contribution in [2.45, 2.75) is 25.8 Å². The van der Waals surface area contributed by atoms with E-state index in [0.29, 0.717) is 17.9 Å². The van der Waals surface area contributed by atoms with Gasteiger partial charge in [-0.05, 0) is 25.7 Å². The van der Waals surface area contributed by atoms with Crippen LogP contribution in [0.4, 0.5) is 0 Å². The van der Waals surface area contributed by atoms with Crippen molar-refractivity contribution in [3.8, 4) is 0 Å². The molecule has 0 bridgehead atoms. The average Bonchev–Trinajstić information content (AvgIpc) is 2.43. The highest BCUT2D eigenvalue weighted by Gasteiger charge is 2.46. The summed E-state index contributed by atoms with van der Waals surface area (Å²) in [4.78, 5) is 10.9. The Bertz CT molecular complexity index is 155. The first-order chi connectivity index (χ1) is 4.27. The lowest BCUT2D eigenvalue weighted by molar-refractivity contribution is -0.124. The summed E-state index contributed by atoms with van der Waals surface area (Å²) in [6.07, 6.45) is 2.35. The largest absolute Gasteiger partial charge is 0.353 e. The smallest absolute Gasteiger partial charge is 0.223 e. The van der Waals surface area contributed by atoms with Gasteiger partial charge in [0.1, 0.15) is 0 Å². The molecule has 0 spiro atoms. The summed E-state index contributed by atoms with van der Waals surface area (Å²) in [5.41, 5.74) is 0. The maximum atomic E-state index is 10.9. The third-order valence-corrected chi connectivity index (χ3v) is 2.30. The molecule has 0 radical (unpaired) electrons. The zero-order chi connectivity index (χ0) is 6.43. The van der Waals surface area contributed by atoms with Gasteiger partial charge < -0.3 is 5.32 Å². The van der Waals surface area contributed by atoms with Gasteiger partial charge in [-0.25, -0.2) is 0 Å². The molecule has 1 aliphatic carbocycles. The molecule has 1 amide bonds. The molecule has 3 atom stereocenters. The van der Waals surface area contributed by atoms with E-state index >= 15 is 0 Å². The number of carbonyl (C=O) groups is 1. The van der Waals surface area contributed by atoms with Gasteiger partial charge in [0.05, 0.1) is 0 Å². The van der Waals surface area contributed by atoms with Crippen molar-refractivity contribution in [2.24, 2.45) is 11.8 Å². The molecule has 50 valence electrons. The normalized spacial score (nSPS) is 47.7. The van der Waals surface area contributed by atoms with Crippen molar-refractivity contribution in [1.29, 1.82) is 0 Å². The number of piperidine rings is 1. The second kappa shape index (κ2) is 1.49. The molecule has 2 aliphatic rings. The lowest BCUT2D eigenvalue weighted by atomic mass is 10.1. The quantitative estimate of drug-likeness (QED) is 0.502. The predicted molar refractivity (Wildman–Crippen MR) is 33.8 cm³/mol. The fourth-order valence-electron chi connectivity index (χ4n) is 1.69. The van der Waals surface area contributed by atoms with Gasteiger partial charge in [-0.1, -0.05) is 0 Å². The molecule has 0 aromatic carbocycles. The Morgan fingerprint density at radius 3 is 3.00 bits per heavy atom. The van der Waals surface area contributed by atoms with Gasteiger partial charge in [-0.2, -0.15) is 0 Å². The molecule has 1 unspecified atom stereocenters. The van der Waals surface area contributed by atoms with Crippen molar-refractivity contribution in [3.63, 3.8) is 0 Å². The molecule has 2 nitrogen and oxygen atoms in total. The first-order valence-electron chi connectivity index (χ1n) is 3.58. The third-order valence-electron chi connectivity index (χ3n) is 2.30. The van der Waals surface area contributed by atoms with Crippen molar-refractivity contribution >= 4 is 5.91 Å². The van der Waals surface area contributed by atoms with Gasteiger partial charge in [0.2, 0.25) is 5.91 Å². The van der Waals surface area contributed by atoms with E-state index < -0.39 is 0 Å². The zero-order valence-electron chi connectivity index (χ0n) is 5.55. The van der Waals surface area contributed by atoms with Crippen LogP contribution in [0.3, 0.4) is 0 Å². The van der Waals surface area contributed by atoms with Crippen molar-refractivity contribution < 1.29 is 4.79 Å². The van der Waals surface area contributed by atoms with E-state index in [4.69, 9.17) is 0 Å². The standard InChI is InChI=1S/C7H11NO/c1-4-2-5-3-6(5)7(9)8-4/h4-6H,2-3H2,1H3,(H,8,9)/t4?,5-,6+/m0/s1. The Hall–Kier alpha value is -0.530. The maximum Gasteiger partial charge on any atom is 0.223 e. The fourth-order valence-corrected chi connectivity index (χ4v) is 1.69. The Balaban J connectivity index is 2.07. The molecule has 1 N–H and O–H groups in total. The van der Waals surface area contributed by atoms with Crippen LogP contribution in [0.15, 0.2) is 0 Å². The van der Waals surface area contributed by atoms with Gasteiger partial charge in [-0.15, -0.1) is 0 Å². The molecular formula is C7H11NO. The monoisotopic (exact) mass is 125 g/mol. The van der Waals surface area contributed by atoms with E-state index in [2.05, 4.69) is 12.2 Å². The first kappa shape index (κ1) is 5.27. The van der Waals surface area contributed by atoms with Gasteiger partial charge in [0, 0.05) is 12.0 Å². The van der Waals surface area contributed by atoms with Gasteiger partial charge >= 0.3 is 0 Å². The molecule has 0 aromatic heterocycles. The minimum absolute atomic E-state index is 0.291. The zero-order valence-corrected chi connectivity index (χ0v) is 5.55. The number of hydrogen-bond acceptors (Lipinski definition) is 1. The van der Waals surface area contributed by atoms with E-state index in [-0.39, 0.29) is 0 Å². The third kappa shape index (κ3) is 0.732. The van der Waals surface area contributed by atoms with Crippen molar-refractivity contribution in [3.05, 3.63) is 0 Å². The van der Waals surface area contributed by atoms with Gasteiger partial charge in [0.15, 0.2) is 0 Å². The fraction of sp³-hybridized carbons (Fsp3) is 0.857. The predicted octanol–water partition coefficient (Wildman–Crippen LogP) is 0.531. The van der Waals surface area contributed by atoms with Crippen LogP contribution in [0.2, 0.25) is 0 Å². The second-order valence-electron chi connectivity index (χ2n) is 3.25. The highest BCUT2D eigenvalue weighted by molar-refractivity contribution is 5.82. The van der Waals surface area contributed by atoms with Crippen molar-refractivity contribution in [2.75, 3.05) is 0 Å². The number of fused-ring (bicyclic) bond motifs is 1. The van der Waals surface area contributed by atoms with E-state index in [1.54, 1.807) is 0 Å². The lowest BCUT2D eigenvalue weighted by Gasteiger charge is -2.17. The number of rotatable bonds is 0. The van der Waals surface area contributed by atoms with Crippen LogP contribution in [0.1, 0.15) is 19.8 Å². The SMILES string of the molecule is CC1C[C@H]2C[C@H]2C(=O)N1. The van der Waals surface area contributed by atoms with Crippen LogP contribution in [-0.4, -0.2) is 11.9 Å². The highest BCUT2D eigenvalue weighted by Crippen LogP contribution is 2.44. The maximum absolute atomic E-state index is 10.9. The molecule has 1 aliphatic heterocycles. The Labute approximate surface area is 54.6 Å². The number of carbonyl (C=O) groups excluding carboxylic acids is 1. The summed E-state index contributed by atoms with van der Waals surface area (Å²) in [7, 11) is 0. The summed E-state index contributed by atoms with van der Waals surface area (Å²) in [6.45, 7) is 2.08. The van der Waals surface area contributed by atoms with Crippen LogP contribution in [0, 0.1) is 11.8 Å². The minimum atomic E-state index is 0.291. The molecule has 2 heteroatoms. The Morgan fingerprint density at radius 2 is 2.33 bits per heavy atom. The van der Waals surface area contributed by atoms with Crippen LogP contribution >= 0.6 is 0 Å². The highest BCUT2D eigenvalue weighted by atomic mass is 16.2. The van der Waals surface area contributed by atoms with Crippen LogP contribution in [-0.2, 0) is 4.79 Å². The molecular weight excluding hydrogens is 114 g/mol. The molecule has 9 heavy (non-hydrogen) atoms. The molecule has 2 rings (SSSR count). The molecule has 1 heterocycles. The van der Waals surface area contributed by atoms with Gasteiger partial charge in [-0.3, -0.25) is 4.79 Å². The van der Waals surface area contributed by atoms with E-state index in [1.807, 2.05) is 0 Å². The van der Waals surface area contributed by atoms with Crippen LogP contribution in [0.25, 0.3) is 0 Å². The summed E-state index contributed by atoms with van der Waals surface area (Å²) < 4.78 is 0. The summed E-state index contributed by atoms with van der Waals surface area (Å²) >= 11 is 0. The number of nitrogens with one attached hydrogen (secondary N) is 1. The Morgan fingerprint density at radius 1 is 1.56 bits per heavy atom. The van der Waals surface area contributed by atoms with E-state index in [9.17, 15) is 4.79 Å². The number of hydrogen-bond donors (Lipinski definition) is 1. The molecule has 2 fully saturated rings. The van der Waals surface area contributed by atoms with Crippen LogP contribution in [0.5, 0.6) is 0 Å². The summed E-state index contributed by atoms with van der Waals surface area (Å²) in [5.74, 6) is 1.44. The first-order valence-corrected chi connectivity index (χ1v) is 3.58.